The van der Waals surface area contributed by atoms with Gasteiger partial charge in [0.15, 0.2) is 0 Å². The van der Waals surface area contributed by atoms with Crippen LogP contribution in [0.15, 0.2) is 47.1 Å². The first kappa shape index (κ1) is 21.3. The van der Waals surface area contributed by atoms with Crippen molar-refractivity contribution in [3.63, 3.8) is 0 Å². The van der Waals surface area contributed by atoms with Gasteiger partial charge in [0, 0.05) is 11.6 Å². The highest BCUT2D eigenvalue weighted by atomic mass is 16.6. The van der Waals surface area contributed by atoms with Gasteiger partial charge in [-0.2, -0.15) is 0 Å². The number of carbonyl (C=O) groups is 1. The van der Waals surface area contributed by atoms with E-state index < -0.39 is 5.60 Å². The van der Waals surface area contributed by atoms with Gasteiger partial charge in [0.25, 0.3) is 0 Å². The normalized spacial score (nSPS) is 19.3. The first-order chi connectivity index (χ1) is 14.9. The number of hydrogen-bond acceptors (Lipinski definition) is 7. The summed E-state index contributed by atoms with van der Waals surface area (Å²) in [5, 5.41) is 4.40. The van der Waals surface area contributed by atoms with Crippen LogP contribution < -0.4 is 5.32 Å². The summed E-state index contributed by atoms with van der Waals surface area (Å²) >= 11 is 0. The lowest BCUT2D eigenvalue weighted by molar-refractivity contribution is -0.162. The third-order valence-corrected chi connectivity index (χ3v) is 5.21. The monoisotopic (exact) mass is 423 g/mol. The van der Waals surface area contributed by atoms with Gasteiger partial charge in [0.1, 0.15) is 30.1 Å². The maximum Gasteiger partial charge on any atom is 0.332 e. The second-order valence-corrected chi connectivity index (χ2v) is 8.95. The number of rotatable bonds is 6. The third-order valence-electron chi connectivity index (χ3n) is 5.21. The van der Waals surface area contributed by atoms with Crippen LogP contribution in [0.25, 0.3) is 22.4 Å². The zero-order chi connectivity index (χ0) is 21.8. The molecule has 31 heavy (non-hydrogen) atoms. The molecule has 2 atom stereocenters. The van der Waals surface area contributed by atoms with Crippen molar-refractivity contribution in [3.05, 3.63) is 42.7 Å². The third kappa shape index (κ3) is 5.61. The first-order valence-electron chi connectivity index (χ1n) is 10.8. The van der Waals surface area contributed by atoms with Crippen molar-refractivity contribution in [1.29, 1.82) is 0 Å². The minimum absolute atomic E-state index is 0.0142. The van der Waals surface area contributed by atoms with Crippen molar-refractivity contribution < 1.29 is 18.7 Å². The summed E-state index contributed by atoms with van der Waals surface area (Å²) in [7, 11) is 0. The molecule has 0 saturated heterocycles. The van der Waals surface area contributed by atoms with Crippen LogP contribution in [-0.4, -0.2) is 40.3 Å². The Kier molecular flexibility index (Phi) is 6.23. The Morgan fingerprint density at radius 1 is 1.19 bits per heavy atom. The highest BCUT2D eigenvalue weighted by Crippen LogP contribution is 2.31. The van der Waals surface area contributed by atoms with Gasteiger partial charge < -0.3 is 19.2 Å². The maximum atomic E-state index is 11.9. The van der Waals surface area contributed by atoms with Gasteiger partial charge in [0.2, 0.25) is 5.71 Å². The Balaban J connectivity index is 1.40. The van der Waals surface area contributed by atoms with Crippen LogP contribution in [0, 0.1) is 0 Å². The van der Waals surface area contributed by atoms with Gasteiger partial charge in [-0.1, -0.05) is 30.3 Å². The van der Waals surface area contributed by atoms with Gasteiger partial charge in [-0.05, 0) is 52.5 Å². The topological polar surface area (TPSA) is 86.5 Å². The van der Waals surface area contributed by atoms with E-state index in [9.17, 15) is 4.79 Å². The number of carbonyl (C=O) groups excluding carboxylic acids is 1. The van der Waals surface area contributed by atoms with Crippen molar-refractivity contribution in [2.45, 2.75) is 64.2 Å². The second-order valence-electron chi connectivity index (χ2n) is 8.95. The Morgan fingerprint density at radius 2 is 2.00 bits per heavy atom. The lowest BCUT2D eigenvalue weighted by Gasteiger charge is -2.30. The molecule has 7 heteroatoms. The number of ether oxygens (including phenoxy) is 2. The summed E-state index contributed by atoms with van der Waals surface area (Å²) in [6.45, 7) is 5.54. The highest BCUT2D eigenvalue weighted by molar-refractivity contribution is 5.89. The molecule has 1 aliphatic rings. The molecule has 3 aromatic rings. The summed E-state index contributed by atoms with van der Waals surface area (Å²) in [6.07, 6.45) is 5.30. The molecule has 0 bridgehead atoms. The van der Waals surface area contributed by atoms with Crippen LogP contribution in [0.1, 0.15) is 46.5 Å². The minimum Gasteiger partial charge on any atom is -0.458 e. The Bertz CT molecular complexity index is 1030. The van der Waals surface area contributed by atoms with Crippen LogP contribution in [0.5, 0.6) is 0 Å². The Labute approximate surface area is 182 Å². The Morgan fingerprint density at radius 3 is 2.77 bits per heavy atom. The van der Waals surface area contributed by atoms with E-state index in [0.717, 1.165) is 48.2 Å². The number of benzene rings is 1. The fraction of sp³-hybridized carbons (Fsp3) is 0.458. The summed E-state index contributed by atoms with van der Waals surface area (Å²) in [5.41, 5.74) is 1.06. The largest absolute Gasteiger partial charge is 0.458 e. The molecule has 1 aromatic carbocycles. The smallest absolute Gasteiger partial charge is 0.332 e. The molecule has 1 saturated carbocycles. The summed E-state index contributed by atoms with van der Waals surface area (Å²) in [5.74, 6) is 1.20. The van der Waals surface area contributed by atoms with Crippen LogP contribution in [-0.2, 0) is 14.3 Å². The molecule has 1 N–H and O–H groups in total. The molecule has 1 aliphatic carbocycles. The summed E-state index contributed by atoms with van der Waals surface area (Å²) in [6, 6.07) is 12.1. The second kappa shape index (κ2) is 9.06. The summed E-state index contributed by atoms with van der Waals surface area (Å²) < 4.78 is 17.1. The highest BCUT2D eigenvalue weighted by Gasteiger charge is 2.25. The maximum absolute atomic E-state index is 11.9. The van der Waals surface area contributed by atoms with E-state index in [-0.39, 0.29) is 24.7 Å². The molecule has 0 spiro atoms. The average Bonchev–Trinajstić information content (AvgIpc) is 3.18. The molecule has 2 heterocycles. The molecule has 4 rings (SSSR count). The number of hydrogen-bond donors (Lipinski definition) is 1. The van der Waals surface area contributed by atoms with E-state index in [2.05, 4.69) is 15.3 Å². The molecule has 0 aliphatic heterocycles. The summed E-state index contributed by atoms with van der Waals surface area (Å²) in [4.78, 5) is 20.7. The SMILES string of the molecule is CC(C)(C)OC(=O)CO[C@H]1CCC[C@@H](Nc2ncnc3oc(-c4ccccc4)cc23)C1. The molecule has 0 radical (unpaired) electrons. The van der Waals surface area contributed by atoms with Gasteiger partial charge in [-0.15, -0.1) is 0 Å². The van der Waals surface area contributed by atoms with Crippen molar-refractivity contribution >= 4 is 22.9 Å². The van der Waals surface area contributed by atoms with Crippen molar-refractivity contribution in [3.8, 4) is 11.3 Å². The van der Waals surface area contributed by atoms with Crippen LogP contribution in [0.3, 0.4) is 0 Å². The standard InChI is InChI=1S/C24H29N3O4/c1-24(2,3)31-21(28)14-29-18-11-7-10-17(12-18)27-22-19-13-20(16-8-5-4-6-9-16)30-23(19)26-15-25-22/h4-6,8-9,13,15,17-18H,7,10-12,14H2,1-3H3,(H,25,26,27)/t17-,18+/m1/s1. The minimum atomic E-state index is -0.501. The van der Waals surface area contributed by atoms with Crippen molar-refractivity contribution in [2.24, 2.45) is 0 Å². The van der Waals surface area contributed by atoms with Crippen LogP contribution in [0.4, 0.5) is 5.82 Å². The molecule has 7 nitrogen and oxygen atoms in total. The average molecular weight is 424 g/mol. The molecular formula is C24H29N3O4. The van der Waals surface area contributed by atoms with Crippen LogP contribution in [0.2, 0.25) is 0 Å². The molecule has 1 fully saturated rings. The number of nitrogens with one attached hydrogen (secondary N) is 1. The van der Waals surface area contributed by atoms with E-state index in [0.29, 0.717) is 5.71 Å². The fourth-order valence-electron chi connectivity index (χ4n) is 3.89. The van der Waals surface area contributed by atoms with Gasteiger partial charge >= 0.3 is 5.97 Å². The van der Waals surface area contributed by atoms with E-state index in [1.165, 1.54) is 6.33 Å². The van der Waals surface area contributed by atoms with Gasteiger partial charge in [0.05, 0.1) is 11.5 Å². The zero-order valence-corrected chi connectivity index (χ0v) is 18.3. The predicted octanol–water partition coefficient (Wildman–Crippen LogP) is 4.97. The van der Waals surface area contributed by atoms with Crippen molar-refractivity contribution in [2.75, 3.05) is 11.9 Å². The van der Waals surface area contributed by atoms with Crippen molar-refractivity contribution in [1.82, 2.24) is 9.97 Å². The number of nitrogens with zero attached hydrogens (tertiary/aromatic N) is 2. The molecule has 0 amide bonds. The molecular weight excluding hydrogens is 394 g/mol. The predicted molar refractivity (Wildman–Crippen MR) is 119 cm³/mol. The van der Waals surface area contributed by atoms with Gasteiger partial charge in [-0.25, -0.2) is 14.8 Å². The van der Waals surface area contributed by atoms with Gasteiger partial charge in [-0.3, -0.25) is 0 Å². The van der Waals surface area contributed by atoms with E-state index in [1.54, 1.807) is 0 Å². The van der Waals surface area contributed by atoms with E-state index >= 15 is 0 Å². The number of aromatic nitrogens is 2. The molecule has 164 valence electrons. The number of esters is 1. The lowest BCUT2D eigenvalue weighted by Crippen LogP contribution is -2.34. The zero-order valence-electron chi connectivity index (χ0n) is 18.3. The number of furan rings is 1. The molecule has 0 unspecified atom stereocenters. The Hall–Kier alpha value is -2.93. The first-order valence-corrected chi connectivity index (χ1v) is 10.8. The fourth-order valence-corrected chi connectivity index (χ4v) is 3.89. The quantitative estimate of drug-likeness (QED) is 0.560. The molecule has 2 aromatic heterocycles. The number of fused-ring (bicyclic) bond motifs is 1. The van der Waals surface area contributed by atoms with Crippen LogP contribution >= 0.6 is 0 Å². The number of anilines is 1. The lowest BCUT2D eigenvalue weighted by atomic mass is 9.92. The van der Waals surface area contributed by atoms with E-state index in [1.807, 2.05) is 57.2 Å². The van der Waals surface area contributed by atoms with E-state index in [4.69, 9.17) is 13.9 Å².